The number of nitrogens with one attached hydrogen (secondary N) is 1. The molecule has 0 unspecified atom stereocenters. The summed E-state index contributed by atoms with van der Waals surface area (Å²) < 4.78 is 1.02. The van der Waals surface area contributed by atoms with E-state index in [9.17, 15) is 19.7 Å². The summed E-state index contributed by atoms with van der Waals surface area (Å²) in [5, 5.41) is 22.1. The zero-order valence-electron chi connectivity index (χ0n) is 14.0. The molecule has 27 heavy (non-hydrogen) atoms. The van der Waals surface area contributed by atoms with Crippen LogP contribution >= 0.6 is 39.0 Å². The minimum atomic E-state index is -0.509. The molecule has 1 aliphatic carbocycles. The van der Waals surface area contributed by atoms with Gasteiger partial charge in [0, 0.05) is 29.6 Å². The molecule has 3 rings (SSSR count). The smallest absolute Gasteiger partial charge is 0.270 e. The first-order valence-electron chi connectivity index (χ1n) is 7.85. The van der Waals surface area contributed by atoms with Gasteiger partial charge in [0.15, 0.2) is 4.34 Å². The van der Waals surface area contributed by atoms with Crippen LogP contribution in [0.5, 0.6) is 0 Å². The van der Waals surface area contributed by atoms with Crippen molar-refractivity contribution in [2.24, 2.45) is 0 Å². The second kappa shape index (κ2) is 8.31. The summed E-state index contributed by atoms with van der Waals surface area (Å²) in [5.41, 5.74) is 0.377. The van der Waals surface area contributed by atoms with Gasteiger partial charge in [-0.1, -0.05) is 23.1 Å². The maximum Gasteiger partial charge on any atom is 0.270 e. The molecule has 0 bridgehead atoms. The lowest BCUT2D eigenvalue weighted by Crippen LogP contribution is -2.30. The standard InChI is InChI=1S/C15H14BrN5O4S2/c1-8(22)20(9-2-3-9)14-18-19-15(27-14)26-7-13(23)17-12-5-4-10(21(24)25)6-11(12)16/h4-6,9H,2-3,7H2,1H3,(H,17,23). The predicted octanol–water partition coefficient (Wildman–Crippen LogP) is 3.45. The molecule has 0 spiro atoms. The highest BCUT2D eigenvalue weighted by molar-refractivity contribution is 9.10. The predicted molar refractivity (Wildman–Crippen MR) is 106 cm³/mol. The summed E-state index contributed by atoms with van der Waals surface area (Å²) in [7, 11) is 0. The number of rotatable bonds is 7. The molecule has 1 N–H and O–H groups in total. The van der Waals surface area contributed by atoms with Crippen molar-refractivity contribution in [2.45, 2.75) is 30.1 Å². The Hall–Kier alpha value is -2.05. The normalized spacial score (nSPS) is 13.3. The Balaban J connectivity index is 1.57. The first-order valence-corrected chi connectivity index (χ1v) is 10.4. The first kappa shape index (κ1) is 19.7. The van der Waals surface area contributed by atoms with E-state index in [4.69, 9.17) is 0 Å². The molecule has 1 aliphatic rings. The van der Waals surface area contributed by atoms with E-state index < -0.39 is 4.92 Å². The van der Waals surface area contributed by atoms with Crippen LogP contribution in [0.15, 0.2) is 27.0 Å². The number of anilines is 2. The van der Waals surface area contributed by atoms with Crippen LogP contribution in [0.4, 0.5) is 16.5 Å². The molecule has 142 valence electrons. The van der Waals surface area contributed by atoms with Gasteiger partial charge in [-0.2, -0.15) is 0 Å². The summed E-state index contributed by atoms with van der Waals surface area (Å²) in [4.78, 5) is 35.8. The van der Waals surface area contributed by atoms with Crippen LogP contribution in [0.3, 0.4) is 0 Å². The molecule has 9 nitrogen and oxygen atoms in total. The molecule has 1 aromatic carbocycles. The number of thioether (sulfide) groups is 1. The van der Waals surface area contributed by atoms with E-state index in [1.165, 1.54) is 48.2 Å². The van der Waals surface area contributed by atoms with Gasteiger partial charge in [0.1, 0.15) is 0 Å². The van der Waals surface area contributed by atoms with Crippen molar-refractivity contribution in [2.75, 3.05) is 16.0 Å². The Labute approximate surface area is 170 Å². The number of hydrogen-bond donors (Lipinski definition) is 1. The van der Waals surface area contributed by atoms with Crippen molar-refractivity contribution in [3.8, 4) is 0 Å². The van der Waals surface area contributed by atoms with E-state index in [1.807, 2.05) is 0 Å². The summed E-state index contributed by atoms with van der Waals surface area (Å²) in [6.45, 7) is 1.50. The molecular weight excluding hydrogens is 458 g/mol. The van der Waals surface area contributed by atoms with Crippen LogP contribution in [0.2, 0.25) is 0 Å². The fourth-order valence-electron chi connectivity index (χ4n) is 2.27. The van der Waals surface area contributed by atoms with Crippen LogP contribution in [0.1, 0.15) is 19.8 Å². The highest BCUT2D eigenvalue weighted by atomic mass is 79.9. The molecule has 1 fully saturated rings. The van der Waals surface area contributed by atoms with E-state index >= 15 is 0 Å². The fraction of sp³-hybridized carbons (Fsp3) is 0.333. The quantitative estimate of drug-likeness (QED) is 0.284. The SMILES string of the molecule is CC(=O)N(c1nnc(SCC(=O)Nc2ccc([N+](=O)[O-])cc2Br)s1)C1CC1. The maximum atomic E-state index is 12.1. The van der Waals surface area contributed by atoms with Crippen LogP contribution in [0, 0.1) is 10.1 Å². The second-order valence-electron chi connectivity index (χ2n) is 5.73. The van der Waals surface area contributed by atoms with Gasteiger partial charge in [-0.3, -0.25) is 24.6 Å². The van der Waals surface area contributed by atoms with Crippen LogP contribution in [-0.4, -0.2) is 38.7 Å². The van der Waals surface area contributed by atoms with Gasteiger partial charge in [-0.25, -0.2) is 0 Å². The number of nitro groups is 1. The lowest BCUT2D eigenvalue weighted by atomic mass is 10.3. The van der Waals surface area contributed by atoms with Gasteiger partial charge in [0.25, 0.3) is 5.69 Å². The number of nitro benzene ring substituents is 1. The number of carbonyl (C=O) groups is 2. The Morgan fingerprint density at radius 2 is 2.19 bits per heavy atom. The van der Waals surface area contributed by atoms with Gasteiger partial charge in [0.2, 0.25) is 16.9 Å². The fourth-order valence-corrected chi connectivity index (χ4v) is 4.49. The molecule has 2 aromatic rings. The third-order valence-electron chi connectivity index (χ3n) is 3.62. The van der Waals surface area contributed by atoms with Gasteiger partial charge in [-0.05, 0) is 34.8 Å². The van der Waals surface area contributed by atoms with Gasteiger partial charge >= 0.3 is 0 Å². The second-order valence-corrected chi connectivity index (χ2v) is 8.76. The lowest BCUT2D eigenvalue weighted by molar-refractivity contribution is -0.384. The molecule has 0 atom stereocenters. The topological polar surface area (TPSA) is 118 Å². The van der Waals surface area contributed by atoms with Crippen molar-refractivity contribution in [1.82, 2.24) is 10.2 Å². The van der Waals surface area contributed by atoms with E-state index in [0.29, 0.717) is 19.6 Å². The van der Waals surface area contributed by atoms with Gasteiger partial charge < -0.3 is 5.32 Å². The number of nitrogens with zero attached hydrogens (tertiary/aromatic N) is 4. The van der Waals surface area contributed by atoms with E-state index in [-0.39, 0.29) is 29.3 Å². The number of carbonyl (C=O) groups excluding carboxylic acids is 2. The Morgan fingerprint density at radius 3 is 2.78 bits per heavy atom. The van der Waals surface area contributed by atoms with Crippen molar-refractivity contribution >= 4 is 67.3 Å². The van der Waals surface area contributed by atoms with Gasteiger partial charge in [-0.15, -0.1) is 10.2 Å². The summed E-state index contributed by atoms with van der Waals surface area (Å²) in [5.74, 6) is -0.246. The first-order chi connectivity index (χ1) is 12.8. The zero-order valence-corrected chi connectivity index (χ0v) is 17.3. The van der Waals surface area contributed by atoms with E-state index in [1.54, 1.807) is 4.90 Å². The summed E-state index contributed by atoms with van der Waals surface area (Å²) in [6, 6.07) is 4.32. The monoisotopic (exact) mass is 471 g/mol. The van der Waals surface area contributed by atoms with Crippen molar-refractivity contribution in [3.63, 3.8) is 0 Å². The van der Waals surface area contributed by atoms with Crippen molar-refractivity contribution < 1.29 is 14.5 Å². The Morgan fingerprint density at radius 1 is 1.44 bits per heavy atom. The number of amides is 2. The highest BCUT2D eigenvalue weighted by Gasteiger charge is 2.34. The minimum Gasteiger partial charge on any atom is -0.324 e. The molecule has 1 aromatic heterocycles. The molecule has 2 amide bonds. The number of benzene rings is 1. The van der Waals surface area contributed by atoms with Crippen LogP contribution in [0.25, 0.3) is 0 Å². The molecule has 0 radical (unpaired) electrons. The molecule has 1 saturated carbocycles. The number of halogens is 1. The average Bonchev–Trinajstić information content (AvgIpc) is 3.32. The summed E-state index contributed by atoms with van der Waals surface area (Å²) in [6.07, 6.45) is 1.93. The van der Waals surface area contributed by atoms with Crippen molar-refractivity contribution in [3.05, 3.63) is 32.8 Å². The Kier molecular flexibility index (Phi) is 6.07. The summed E-state index contributed by atoms with van der Waals surface area (Å²) >= 11 is 5.70. The van der Waals surface area contributed by atoms with Crippen molar-refractivity contribution in [1.29, 1.82) is 0 Å². The van der Waals surface area contributed by atoms with Crippen LogP contribution < -0.4 is 10.2 Å². The number of non-ortho nitro benzene ring substituents is 1. The third-order valence-corrected chi connectivity index (χ3v) is 6.33. The Bertz CT molecular complexity index is 902. The molecule has 0 aliphatic heterocycles. The third kappa shape index (κ3) is 5.02. The van der Waals surface area contributed by atoms with Crippen LogP contribution in [-0.2, 0) is 9.59 Å². The number of hydrogen-bond acceptors (Lipinski definition) is 8. The molecule has 12 heteroatoms. The largest absolute Gasteiger partial charge is 0.324 e. The average molecular weight is 472 g/mol. The van der Waals surface area contributed by atoms with E-state index in [2.05, 4.69) is 31.4 Å². The van der Waals surface area contributed by atoms with E-state index in [0.717, 1.165) is 12.8 Å². The molecule has 1 heterocycles. The number of aromatic nitrogens is 2. The molecule has 0 saturated heterocycles. The highest BCUT2D eigenvalue weighted by Crippen LogP contribution is 2.35. The lowest BCUT2D eigenvalue weighted by Gasteiger charge is -2.15. The van der Waals surface area contributed by atoms with Gasteiger partial charge in [0.05, 0.1) is 16.4 Å². The zero-order chi connectivity index (χ0) is 19.6. The molecular formula is C15H14BrN5O4S2. The maximum absolute atomic E-state index is 12.1. The minimum absolute atomic E-state index is 0.0639.